The van der Waals surface area contributed by atoms with Crippen LogP contribution < -0.4 is 0 Å². The van der Waals surface area contributed by atoms with Crippen molar-refractivity contribution < 1.29 is 5.21 Å². The molecule has 0 saturated carbocycles. The van der Waals surface area contributed by atoms with Crippen LogP contribution in [0.4, 0.5) is 0 Å². The van der Waals surface area contributed by atoms with Crippen molar-refractivity contribution >= 4 is 7.85 Å². The van der Waals surface area contributed by atoms with Gasteiger partial charge in [-0.05, 0) is 0 Å². The molecule has 0 aromatic heterocycles. The van der Waals surface area contributed by atoms with E-state index in [1.807, 2.05) is 7.85 Å². The topological polar surface area (TPSA) is 49.7 Å². The number of nitrogens with zero attached hydrogens (tertiary/aromatic N) is 1. The fourth-order valence-corrected chi connectivity index (χ4v) is 0. The second kappa shape index (κ2) is 29.7. The Kier molecular flexibility index (Phi) is 44.4. The Morgan fingerprint density at radius 2 is 2.00 bits per heavy atom. The van der Waals surface area contributed by atoms with Crippen molar-refractivity contribution in [2.24, 2.45) is 5.34 Å². The highest BCUT2D eigenvalue weighted by Crippen LogP contribution is 1.25. The van der Waals surface area contributed by atoms with Crippen molar-refractivity contribution in [2.45, 2.75) is 0 Å². The van der Waals surface area contributed by atoms with Gasteiger partial charge >= 0.3 is 0 Å². The molecule has 0 fully saturated rings. The second-order valence-electron chi connectivity index (χ2n) is 0.490. The minimum Gasteiger partial charge on any atom is -0.379 e. The third-order valence-electron chi connectivity index (χ3n) is 0. The summed E-state index contributed by atoms with van der Waals surface area (Å²) in [5.74, 6) is 1.75. The van der Waals surface area contributed by atoms with E-state index in [1.54, 1.807) is 5.98 Å². The number of rotatable bonds is 0. The van der Waals surface area contributed by atoms with Crippen LogP contribution in [0, 0.1) is 4.91 Å². The standard InChI is InChI=1S/C2H5B.HNO2/c1-2-3;2-1-3/h2H,1,3H2;(H,2,3). The van der Waals surface area contributed by atoms with Crippen LogP contribution >= 0.6 is 0 Å². The van der Waals surface area contributed by atoms with E-state index in [2.05, 4.69) is 6.58 Å². The van der Waals surface area contributed by atoms with Gasteiger partial charge in [-0.3, -0.25) is 0 Å². The maximum absolute atomic E-state index is 8.11. The van der Waals surface area contributed by atoms with Gasteiger partial charge in [0, 0.05) is 0 Å². The molecule has 0 amide bonds. The van der Waals surface area contributed by atoms with Gasteiger partial charge in [-0.15, -0.1) is 17.5 Å². The van der Waals surface area contributed by atoms with Gasteiger partial charge in [0.2, 0.25) is 0 Å². The fourth-order valence-electron chi connectivity index (χ4n) is 0. The maximum atomic E-state index is 8.11. The van der Waals surface area contributed by atoms with Crippen LogP contribution in [0.5, 0.6) is 0 Å². The first kappa shape index (κ1) is 8.96. The van der Waals surface area contributed by atoms with Crippen LogP contribution in [0.3, 0.4) is 0 Å². The second-order valence-corrected chi connectivity index (χ2v) is 0.490. The summed E-state index contributed by atoms with van der Waals surface area (Å²) in [4.78, 5) is 8.11. The number of hydrogen-bond donors (Lipinski definition) is 1. The molecule has 0 rings (SSSR count). The zero-order valence-electron chi connectivity index (χ0n) is 3.59. The van der Waals surface area contributed by atoms with Crippen LogP contribution in [0.25, 0.3) is 0 Å². The summed E-state index contributed by atoms with van der Waals surface area (Å²) in [5.41, 5.74) is 0. The lowest BCUT2D eigenvalue weighted by molar-refractivity contribution is 0.312. The maximum Gasteiger partial charge on any atom is 0.152 e. The Balaban J connectivity index is 0. The van der Waals surface area contributed by atoms with Crippen LogP contribution in [0.1, 0.15) is 0 Å². The Hall–Kier alpha value is -0.795. The van der Waals surface area contributed by atoms with E-state index in [4.69, 9.17) is 10.1 Å². The predicted octanol–water partition coefficient (Wildman–Crippen LogP) is -0.0950. The molecule has 0 saturated heterocycles. The molecule has 0 unspecified atom stereocenters. The van der Waals surface area contributed by atoms with Gasteiger partial charge in [-0.25, -0.2) is 0 Å². The third-order valence-corrected chi connectivity index (χ3v) is 0. The molecule has 0 aliphatic heterocycles. The van der Waals surface area contributed by atoms with Crippen LogP contribution in [0.2, 0.25) is 0 Å². The molecule has 6 heavy (non-hydrogen) atoms. The quantitative estimate of drug-likeness (QED) is 0.255. The summed E-state index contributed by atoms with van der Waals surface area (Å²) in [6, 6.07) is 0. The van der Waals surface area contributed by atoms with Gasteiger partial charge in [0.05, 0.1) is 0 Å². The smallest absolute Gasteiger partial charge is 0.152 e. The Labute approximate surface area is 37.0 Å². The summed E-state index contributed by atoms with van der Waals surface area (Å²) < 4.78 is 0. The van der Waals surface area contributed by atoms with E-state index in [0.717, 1.165) is 0 Å². The Bertz CT molecular complexity index is 32.5. The van der Waals surface area contributed by atoms with E-state index in [0.29, 0.717) is 0 Å². The molecule has 4 heteroatoms. The normalized spacial score (nSPS) is 4.00. The van der Waals surface area contributed by atoms with E-state index >= 15 is 0 Å². The summed E-state index contributed by atoms with van der Waals surface area (Å²) in [6.07, 6.45) is 0. The monoisotopic (exact) mass is 87.0 g/mol. The SMILES string of the molecule is BC=C.O=NO. The molecule has 0 aliphatic rings. The Morgan fingerprint density at radius 1 is 2.00 bits per heavy atom. The first-order valence-electron chi connectivity index (χ1n) is 1.37. The molecular weight excluding hydrogens is 80.8 g/mol. The summed E-state index contributed by atoms with van der Waals surface area (Å²) >= 11 is 0. The average Bonchev–Trinajstić information content (AvgIpc) is 1.39. The zero-order chi connectivity index (χ0) is 5.41. The third kappa shape index (κ3) is 24.6. The van der Waals surface area contributed by atoms with Crippen molar-refractivity contribution in [3.8, 4) is 0 Å². The van der Waals surface area contributed by atoms with Crippen molar-refractivity contribution in [3.63, 3.8) is 0 Å². The zero-order valence-corrected chi connectivity index (χ0v) is 3.59. The van der Waals surface area contributed by atoms with Crippen LogP contribution in [-0.4, -0.2) is 13.1 Å². The van der Waals surface area contributed by atoms with E-state index in [9.17, 15) is 0 Å². The molecule has 3 nitrogen and oxygen atoms in total. The predicted molar refractivity (Wildman–Crippen MR) is 26.3 cm³/mol. The first-order valence-corrected chi connectivity index (χ1v) is 1.37. The fraction of sp³-hybridized carbons (Fsp3) is 0. The number of hydrogen-bond acceptors (Lipinski definition) is 2. The van der Waals surface area contributed by atoms with Gasteiger partial charge in [-0.1, -0.05) is 0 Å². The molecule has 0 aromatic rings. The van der Waals surface area contributed by atoms with Gasteiger partial charge < -0.3 is 5.21 Å². The molecule has 0 aromatic carbocycles. The minimum atomic E-state index is 1.25. The van der Waals surface area contributed by atoms with Crippen molar-refractivity contribution in [1.29, 1.82) is 0 Å². The molecular formula is C2H6BNO2. The first-order chi connectivity index (χ1) is 2.83. The lowest BCUT2D eigenvalue weighted by atomic mass is 10.2. The van der Waals surface area contributed by atoms with E-state index in [1.165, 1.54) is 5.34 Å². The highest BCUT2D eigenvalue weighted by molar-refractivity contribution is 6.16. The summed E-state index contributed by atoms with van der Waals surface area (Å²) in [5, 5.41) is 7.89. The molecule has 0 spiro atoms. The van der Waals surface area contributed by atoms with Gasteiger partial charge in [0.1, 0.15) is 7.85 Å². The van der Waals surface area contributed by atoms with Crippen molar-refractivity contribution in [2.75, 3.05) is 0 Å². The lowest BCUT2D eigenvalue weighted by Gasteiger charge is -1.32. The largest absolute Gasteiger partial charge is 0.379 e. The molecule has 34 valence electrons. The molecule has 0 atom stereocenters. The van der Waals surface area contributed by atoms with Gasteiger partial charge in [0.25, 0.3) is 0 Å². The summed E-state index contributed by atoms with van der Waals surface area (Å²) in [7, 11) is 1.89. The highest BCUT2D eigenvalue weighted by Gasteiger charge is 1.19. The Morgan fingerprint density at radius 3 is 2.00 bits per heavy atom. The lowest BCUT2D eigenvalue weighted by Crippen LogP contribution is -1.29. The molecule has 0 aliphatic carbocycles. The molecule has 0 bridgehead atoms. The average molecular weight is 86.9 g/mol. The van der Waals surface area contributed by atoms with Crippen molar-refractivity contribution in [1.82, 2.24) is 0 Å². The molecule has 1 N–H and O–H groups in total. The van der Waals surface area contributed by atoms with Gasteiger partial charge in [-0.2, -0.15) is 0 Å². The highest BCUT2D eigenvalue weighted by atomic mass is 16.6. The van der Waals surface area contributed by atoms with Crippen LogP contribution in [0.15, 0.2) is 17.9 Å². The van der Waals surface area contributed by atoms with E-state index in [-0.39, 0.29) is 0 Å². The van der Waals surface area contributed by atoms with Crippen molar-refractivity contribution in [3.05, 3.63) is 17.5 Å². The van der Waals surface area contributed by atoms with E-state index < -0.39 is 0 Å². The summed E-state index contributed by atoms with van der Waals surface area (Å²) in [6.45, 7) is 3.36. The van der Waals surface area contributed by atoms with Crippen LogP contribution in [-0.2, 0) is 0 Å². The molecule has 0 heterocycles. The molecule has 0 radical (unpaired) electrons. The van der Waals surface area contributed by atoms with Gasteiger partial charge in [0.15, 0.2) is 5.34 Å². The minimum absolute atomic E-state index is 1.25.